The quantitative estimate of drug-likeness (QED) is 0.536. The first kappa shape index (κ1) is 25.2. The van der Waals surface area contributed by atoms with Crippen molar-refractivity contribution in [1.29, 1.82) is 10.5 Å². The van der Waals surface area contributed by atoms with Gasteiger partial charge in [0.05, 0.1) is 17.4 Å². The van der Waals surface area contributed by atoms with Crippen LogP contribution in [-0.2, 0) is 9.84 Å². The Kier molecular flexibility index (Phi) is 7.13. The van der Waals surface area contributed by atoms with Crippen LogP contribution in [0.1, 0.15) is 12.8 Å². The normalized spacial score (nSPS) is 15.5. The molecule has 0 rings (SSSR count). The van der Waals surface area contributed by atoms with Crippen LogP contribution in [0.25, 0.3) is 0 Å². The molecule has 0 aliphatic rings. The SMILES string of the molecule is N#CC(C#N)CC(CC(F)(F)C(F)(F)C(F)(F)C(F)F)S(=O)(=O)C(F)(F)F. The third-order valence-corrected chi connectivity index (χ3v) is 5.09. The summed E-state index contributed by atoms with van der Waals surface area (Å²) in [5.41, 5.74) is -6.34. The smallest absolute Gasteiger partial charge is 0.219 e. The van der Waals surface area contributed by atoms with E-state index in [-0.39, 0.29) is 0 Å². The zero-order chi connectivity index (χ0) is 22.1. The lowest BCUT2D eigenvalue weighted by Crippen LogP contribution is -2.59. The van der Waals surface area contributed by atoms with Crippen LogP contribution in [-0.4, -0.2) is 43.4 Å². The maximum Gasteiger partial charge on any atom is 0.497 e. The number of halogens is 11. The molecule has 0 spiro atoms. The molecule has 27 heavy (non-hydrogen) atoms. The third-order valence-electron chi connectivity index (χ3n) is 3.21. The van der Waals surface area contributed by atoms with Gasteiger partial charge in [-0.15, -0.1) is 0 Å². The van der Waals surface area contributed by atoms with Crippen molar-refractivity contribution in [1.82, 2.24) is 0 Å². The van der Waals surface area contributed by atoms with Gasteiger partial charge in [-0.1, -0.05) is 0 Å². The predicted molar refractivity (Wildman–Crippen MR) is 63.6 cm³/mol. The second-order valence-electron chi connectivity index (χ2n) is 5.07. The Hall–Kier alpha value is -1.84. The Morgan fingerprint density at radius 3 is 1.56 bits per heavy atom. The Morgan fingerprint density at radius 1 is 0.852 bits per heavy atom. The molecule has 1 atom stereocenters. The summed E-state index contributed by atoms with van der Waals surface area (Å²) in [6.07, 6.45) is -10.5. The molecule has 0 N–H and O–H groups in total. The molecule has 0 aliphatic carbocycles. The fourth-order valence-corrected chi connectivity index (χ4v) is 2.95. The average molecular weight is 440 g/mol. The molecule has 0 bridgehead atoms. The molecule has 0 saturated heterocycles. The fraction of sp³-hybridized carbons (Fsp3) is 0.818. The lowest BCUT2D eigenvalue weighted by Gasteiger charge is -2.34. The lowest BCUT2D eigenvalue weighted by atomic mass is 9.96. The van der Waals surface area contributed by atoms with Crippen molar-refractivity contribution in [3.63, 3.8) is 0 Å². The van der Waals surface area contributed by atoms with Gasteiger partial charge >= 0.3 is 29.7 Å². The minimum absolute atomic E-state index is 0.885. The van der Waals surface area contributed by atoms with E-state index in [2.05, 4.69) is 0 Å². The Labute approximate surface area is 144 Å². The van der Waals surface area contributed by atoms with Crippen LogP contribution < -0.4 is 0 Å². The standard InChI is InChI=1S/C11H7F11N2O2S/c12-7(13)9(16,17)10(18,19)8(14,15)2-6(1-5(3-23)4-24)27(25,26)11(20,21)22/h5-7H,1-2H2. The molecule has 0 aromatic rings. The highest BCUT2D eigenvalue weighted by Gasteiger charge is 2.76. The predicted octanol–water partition coefficient (Wildman–Crippen LogP) is 3.90. The van der Waals surface area contributed by atoms with Crippen molar-refractivity contribution in [2.45, 2.75) is 47.8 Å². The molecule has 0 radical (unpaired) electrons. The van der Waals surface area contributed by atoms with E-state index in [4.69, 9.17) is 10.5 Å². The van der Waals surface area contributed by atoms with Gasteiger partial charge in [-0.05, 0) is 6.42 Å². The lowest BCUT2D eigenvalue weighted by molar-refractivity contribution is -0.339. The first-order valence-corrected chi connectivity index (χ1v) is 7.85. The van der Waals surface area contributed by atoms with Gasteiger partial charge in [-0.3, -0.25) is 0 Å². The van der Waals surface area contributed by atoms with Crippen LogP contribution in [0.15, 0.2) is 0 Å². The number of sulfone groups is 1. The minimum Gasteiger partial charge on any atom is -0.219 e. The molecular formula is C11H7F11N2O2S. The molecule has 0 saturated carbocycles. The first-order valence-electron chi connectivity index (χ1n) is 6.30. The Morgan fingerprint density at radius 2 is 1.26 bits per heavy atom. The molecule has 0 fully saturated rings. The van der Waals surface area contributed by atoms with E-state index in [1.165, 1.54) is 0 Å². The van der Waals surface area contributed by atoms with Crippen molar-refractivity contribution < 1.29 is 56.7 Å². The Bertz CT molecular complexity index is 704. The second-order valence-corrected chi connectivity index (χ2v) is 7.29. The topological polar surface area (TPSA) is 81.7 Å². The minimum atomic E-state index is -6.94. The highest BCUT2D eigenvalue weighted by molar-refractivity contribution is 7.92. The monoisotopic (exact) mass is 440 g/mol. The van der Waals surface area contributed by atoms with Gasteiger partial charge in [0, 0.05) is 6.42 Å². The number of hydrogen-bond acceptors (Lipinski definition) is 4. The van der Waals surface area contributed by atoms with Gasteiger partial charge in [0.2, 0.25) is 0 Å². The third kappa shape index (κ3) is 4.72. The van der Waals surface area contributed by atoms with Crippen LogP contribution in [0.3, 0.4) is 0 Å². The van der Waals surface area contributed by atoms with Crippen LogP contribution in [0.5, 0.6) is 0 Å². The van der Waals surface area contributed by atoms with E-state index >= 15 is 0 Å². The number of rotatable bonds is 8. The maximum absolute atomic E-state index is 13.5. The van der Waals surface area contributed by atoms with Crippen molar-refractivity contribution in [2.24, 2.45) is 5.92 Å². The molecular weight excluding hydrogens is 433 g/mol. The van der Waals surface area contributed by atoms with Crippen LogP contribution in [0.4, 0.5) is 48.3 Å². The zero-order valence-corrected chi connectivity index (χ0v) is 13.2. The van der Waals surface area contributed by atoms with Gasteiger partial charge in [0.25, 0.3) is 9.84 Å². The summed E-state index contributed by atoms with van der Waals surface area (Å²) >= 11 is 0. The average Bonchev–Trinajstić information content (AvgIpc) is 2.49. The highest BCUT2D eigenvalue weighted by Crippen LogP contribution is 2.51. The molecule has 1 unspecified atom stereocenters. The second kappa shape index (κ2) is 7.65. The summed E-state index contributed by atoms with van der Waals surface area (Å²) in [7, 11) is -6.76. The summed E-state index contributed by atoms with van der Waals surface area (Å²) in [5, 5.41) is 13.1. The van der Waals surface area contributed by atoms with Crippen molar-refractivity contribution in [2.75, 3.05) is 0 Å². The molecule has 4 nitrogen and oxygen atoms in total. The number of nitrogens with zero attached hydrogens (tertiary/aromatic N) is 2. The number of nitriles is 2. The van der Waals surface area contributed by atoms with Crippen molar-refractivity contribution in [3.8, 4) is 12.1 Å². The van der Waals surface area contributed by atoms with E-state index in [1.807, 2.05) is 0 Å². The van der Waals surface area contributed by atoms with Crippen molar-refractivity contribution >= 4 is 9.84 Å². The van der Waals surface area contributed by atoms with Gasteiger partial charge in [-0.25, -0.2) is 17.2 Å². The molecule has 156 valence electrons. The summed E-state index contributed by atoms with van der Waals surface area (Å²) in [6, 6.07) is 1.77. The van der Waals surface area contributed by atoms with E-state index in [9.17, 15) is 56.7 Å². The van der Waals surface area contributed by atoms with E-state index in [0.29, 0.717) is 0 Å². The van der Waals surface area contributed by atoms with Crippen LogP contribution >= 0.6 is 0 Å². The van der Waals surface area contributed by atoms with E-state index < -0.39 is 63.5 Å². The van der Waals surface area contributed by atoms with Gasteiger partial charge in [0.15, 0.2) is 0 Å². The first-order chi connectivity index (χ1) is 11.8. The summed E-state index contributed by atoms with van der Waals surface area (Å²) in [5.74, 6) is -22.4. The van der Waals surface area contributed by atoms with Gasteiger partial charge in [-0.2, -0.15) is 50.0 Å². The van der Waals surface area contributed by atoms with Gasteiger partial charge in [0.1, 0.15) is 5.92 Å². The molecule has 0 amide bonds. The molecule has 0 aromatic heterocycles. The summed E-state index contributed by atoms with van der Waals surface area (Å²) in [4.78, 5) is 0. The summed E-state index contributed by atoms with van der Waals surface area (Å²) < 4.78 is 163. The van der Waals surface area contributed by atoms with Crippen LogP contribution in [0.2, 0.25) is 0 Å². The number of alkyl halides is 11. The fourth-order valence-electron chi connectivity index (χ4n) is 1.70. The maximum atomic E-state index is 13.5. The number of hydrogen-bond donors (Lipinski definition) is 0. The molecule has 16 heteroatoms. The van der Waals surface area contributed by atoms with E-state index in [1.54, 1.807) is 0 Å². The zero-order valence-electron chi connectivity index (χ0n) is 12.4. The molecule has 0 aromatic carbocycles. The Balaban J connectivity index is 6.21. The highest BCUT2D eigenvalue weighted by atomic mass is 32.2. The molecule has 0 aliphatic heterocycles. The van der Waals surface area contributed by atoms with Crippen molar-refractivity contribution in [3.05, 3.63) is 0 Å². The van der Waals surface area contributed by atoms with Crippen LogP contribution in [0, 0.1) is 28.6 Å². The van der Waals surface area contributed by atoms with Gasteiger partial charge < -0.3 is 0 Å². The summed E-state index contributed by atoms with van der Waals surface area (Å²) in [6.45, 7) is 0. The van der Waals surface area contributed by atoms with E-state index in [0.717, 1.165) is 12.1 Å². The molecule has 0 heterocycles. The largest absolute Gasteiger partial charge is 0.497 e.